The summed E-state index contributed by atoms with van der Waals surface area (Å²) in [5, 5.41) is 9.16. The van der Waals surface area contributed by atoms with E-state index in [1.807, 2.05) is 0 Å². The van der Waals surface area contributed by atoms with Crippen molar-refractivity contribution in [1.29, 1.82) is 0 Å². The second kappa shape index (κ2) is 5.56. The molecule has 0 aromatic carbocycles. The maximum Gasteiger partial charge on any atom is 0.0540 e. The number of rotatable bonds is 6. The fraction of sp³-hybridized carbons (Fsp3) is 1.00. The predicted octanol–water partition coefficient (Wildman–Crippen LogP) is 1.82. The average Bonchev–Trinajstić information content (AvgIpc) is 2.04. The molecule has 0 aromatic rings. The Morgan fingerprint density at radius 2 is 2.00 bits per heavy atom. The maximum absolute atomic E-state index is 9.16. The van der Waals surface area contributed by atoms with Crippen molar-refractivity contribution in [2.24, 2.45) is 5.41 Å². The first-order chi connectivity index (χ1) is 5.24. The molecule has 2 nitrogen and oxygen atoms in total. The average molecular weight is 160 g/mol. The highest BCUT2D eigenvalue weighted by Gasteiger charge is 2.25. The van der Waals surface area contributed by atoms with Crippen LogP contribution in [0.25, 0.3) is 0 Å². The first-order valence-electron chi connectivity index (χ1n) is 4.34. The van der Waals surface area contributed by atoms with Gasteiger partial charge in [-0.3, -0.25) is 0 Å². The lowest BCUT2D eigenvalue weighted by molar-refractivity contribution is 0.0196. The van der Waals surface area contributed by atoms with E-state index in [0.29, 0.717) is 6.61 Å². The van der Waals surface area contributed by atoms with Gasteiger partial charge in [0.2, 0.25) is 0 Å². The Morgan fingerprint density at radius 3 is 2.27 bits per heavy atom. The zero-order chi connectivity index (χ0) is 8.74. The zero-order valence-corrected chi connectivity index (χ0v) is 7.89. The van der Waals surface area contributed by atoms with Crippen LogP contribution in [0.2, 0.25) is 0 Å². The zero-order valence-electron chi connectivity index (χ0n) is 7.89. The quantitative estimate of drug-likeness (QED) is 0.642. The van der Waals surface area contributed by atoms with Gasteiger partial charge in [-0.2, -0.15) is 0 Å². The molecule has 0 aliphatic carbocycles. The van der Waals surface area contributed by atoms with Crippen LogP contribution >= 0.6 is 0 Å². The normalized spacial score (nSPS) is 16.4. The fourth-order valence-electron chi connectivity index (χ4n) is 1.42. The molecule has 0 aliphatic rings. The predicted molar refractivity (Wildman–Crippen MR) is 46.6 cm³/mol. The first kappa shape index (κ1) is 10.9. The largest absolute Gasteiger partial charge is 0.396 e. The van der Waals surface area contributed by atoms with Crippen LogP contribution in [0.5, 0.6) is 0 Å². The van der Waals surface area contributed by atoms with Gasteiger partial charge in [0.1, 0.15) is 0 Å². The number of methoxy groups -OCH3 is 1. The minimum atomic E-state index is 0.0174. The summed E-state index contributed by atoms with van der Waals surface area (Å²) in [5.41, 5.74) is 0.0174. The molecule has 0 saturated carbocycles. The maximum atomic E-state index is 9.16. The van der Waals surface area contributed by atoms with Crippen molar-refractivity contribution in [3.05, 3.63) is 0 Å². The minimum absolute atomic E-state index is 0.0174. The van der Waals surface area contributed by atoms with E-state index in [2.05, 4.69) is 13.8 Å². The van der Waals surface area contributed by atoms with Gasteiger partial charge in [-0.25, -0.2) is 0 Å². The van der Waals surface area contributed by atoms with Crippen LogP contribution in [0, 0.1) is 5.41 Å². The number of hydrogen-bond donors (Lipinski definition) is 1. The molecule has 0 saturated heterocycles. The Hall–Kier alpha value is -0.0800. The molecule has 0 spiro atoms. The summed E-state index contributed by atoms with van der Waals surface area (Å²) in [6.45, 7) is 5.15. The lowest BCUT2D eigenvalue weighted by Gasteiger charge is -2.29. The van der Waals surface area contributed by atoms with E-state index < -0.39 is 0 Å². The van der Waals surface area contributed by atoms with Crippen molar-refractivity contribution in [3.8, 4) is 0 Å². The van der Waals surface area contributed by atoms with Gasteiger partial charge < -0.3 is 9.84 Å². The van der Waals surface area contributed by atoms with Gasteiger partial charge in [0.05, 0.1) is 13.2 Å². The van der Waals surface area contributed by atoms with Crippen LogP contribution in [0.1, 0.15) is 33.1 Å². The second-order valence-electron chi connectivity index (χ2n) is 3.19. The molecule has 0 aliphatic heterocycles. The summed E-state index contributed by atoms with van der Waals surface area (Å²) >= 11 is 0. The number of hydrogen-bond acceptors (Lipinski definition) is 2. The fourth-order valence-corrected chi connectivity index (χ4v) is 1.42. The van der Waals surface area contributed by atoms with Crippen molar-refractivity contribution in [2.75, 3.05) is 20.3 Å². The highest BCUT2D eigenvalue weighted by atomic mass is 16.5. The van der Waals surface area contributed by atoms with E-state index >= 15 is 0 Å². The molecule has 0 fully saturated rings. The van der Waals surface area contributed by atoms with E-state index in [-0.39, 0.29) is 12.0 Å². The van der Waals surface area contributed by atoms with Crippen LogP contribution in [-0.4, -0.2) is 25.4 Å². The van der Waals surface area contributed by atoms with E-state index in [1.165, 1.54) is 0 Å². The van der Waals surface area contributed by atoms with Gasteiger partial charge in [0.25, 0.3) is 0 Å². The van der Waals surface area contributed by atoms with Crippen molar-refractivity contribution >= 4 is 0 Å². The Kier molecular flexibility index (Phi) is 5.51. The Labute approximate surface area is 69.6 Å². The molecular formula is C9H20O2. The van der Waals surface area contributed by atoms with Crippen molar-refractivity contribution in [2.45, 2.75) is 33.1 Å². The number of aliphatic hydroxyl groups is 1. The van der Waals surface area contributed by atoms with E-state index in [4.69, 9.17) is 9.84 Å². The van der Waals surface area contributed by atoms with Crippen molar-refractivity contribution < 1.29 is 9.84 Å². The minimum Gasteiger partial charge on any atom is -0.396 e. The smallest absolute Gasteiger partial charge is 0.0540 e. The molecule has 0 aromatic heterocycles. The van der Waals surface area contributed by atoms with Gasteiger partial charge in [0.15, 0.2) is 0 Å². The van der Waals surface area contributed by atoms with E-state index in [1.54, 1.807) is 7.11 Å². The summed E-state index contributed by atoms with van der Waals surface area (Å²) in [7, 11) is 1.69. The molecule has 0 bridgehead atoms. The molecule has 0 radical (unpaired) electrons. The summed E-state index contributed by atoms with van der Waals surface area (Å²) in [4.78, 5) is 0. The van der Waals surface area contributed by atoms with Gasteiger partial charge in [-0.05, 0) is 12.8 Å². The molecular weight excluding hydrogens is 140 g/mol. The third kappa shape index (κ3) is 3.21. The highest BCUT2D eigenvalue weighted by molar-refractivity contribution is 4.75. The molecule has 11 heavy (non-hydrogen) atoms. The molecule has 0 heterocycles. The summed E-state index contributed by atoms with van der Waals surface area (Å²) in [6, 6.07) is 0. The van der Waals surface area contributed by atoms with E-state index in [9.17, 15) is 0 Å². The van der Waals surface area contributed by atoms with Crippen LogP contribution in [0.3, 0.4) is 0 Å². The van der Waals surface area contributed by atoms with Gasteiger partial charge in [0, 0.05) is 12.5 Å². The van der Waals surface area contributed by atoms with Crippen molar-refractivity contribution in [1.82, 2.24) is 0 Å². The SMILES string of the molecule is CCCC(CC)(CO)COC. The highest BCUT2D eigenvalue weighted by Crippen LogP contribution is 2.27. The molecule has 0 amide bonds. The Balaban J connectivity index is 3.96. The summed E-state index contributed by atoms with van der Waals surface area (Å²) in [6.07, 6.45) is 3.15. The first-order valence-corrected chi connectivity index (χ1v) is 4.34. The lowest BCUT2D eigenvalue weighted by Crippen LogP contribution is -2.29. The number of ether oxygens (including phenoxy) is 1. The monoisotopic (exact) mass is 160 g/mol. The topological polar surface area (TPSA) is 29.5 Å². The Bertz CT molecular complexity index is 79.6. The summed E-state index contributed by atoms with van der Waals surface area (Å²) in [5.74, 6) is 0. The van der Waals surface area contributed by atoms with Crippen LogP contribution in [0.15, 0.2) is 0 Å². The van der Waals surface area contributed by atoms with Gasteiger partial charge in [-0.1, -0.05) is 20.3 Å². The second-order valence-corrected chi connectivity index (χ2v) is 3.19. The molecule has 68 valence electrons. The van der Waals surface area contributed by atoms with E-state index in [0.717, 1.165) is 19.3 Å². The summed E-state index contributed by atoms with van der Waals surface area (Å²) < 4.78 is 5.08. The van der Waals surface area contributed by atoms with Gasteiger partial charge in [-0.15, -0.1) is 0 Å². The Morgan fingerprint density at radius 1 is 1.36 bits per heavy atom. The van der Waals surface area contributed by atoms with Gasteiger partial charge >= 0.3 is 0 Å². The van der Waals surface area contributed by atoms with Crippen LogP contribution in [-0.2, 0) is 4.74 Å². The van der Waals surface area contributed by atoms with Crippen LogP contribution in [0.4, 0.5) is 0 Å². The molecule has 2 heteroatoms. The standard InChI is InChI=1S/C9H20O2/c1-4-6-9(5-2,7-10)8-11-3/h10H,4-8H2,1-3H3. The molecule has 1 atom stereocenters. The molecule has 1 N–H and O–H groups in total. The van der Waals surface area contributed by atoms with Crippen molar-refractivity contribution in [3.63, 3.8) is 0 Å². The van der Waals surface area contributed by atoms with Crippen LogP contribution < -0.4 is 0 Å². The third-order valence-corrected chi connectivity index (χ3v) is 2.32. The number of aliphatic hydroxyl groups excluding tert-OH is 1. The lowest BCUT2D eigenvalue weighted by atomic mass is 9.82. The molecule has 1 unspecified atom stereocenters. The molecule has 0 rings (SSSR count). The third-order valence-electron chi connectivity index (χ3n) is 2.32.